The summed E-state index contributed by atoms with van der Waals surface area (Å²) in [6.45, 7) is 2.15. The van der Waals surface area contributed by atoms with E-state index in [-0.39, 0.29) is 11.4 Å². The lowest BCUT2D eigenvalue weighted by Crippen LogP contribution is -2.54. The summed E-state index contributed by atoms with van der Waals surface area (Å²) in [5, 5.41) is 3.13. The molecule has 3 heteroatoms. The number of hydrogen-bond acceptors (Lipinski definition) is 2. The summed E-state index contributed by atoms with van der Waals surface area (Å²) < 4.78 is 0. The van der Waals surface area contributed by atoms with Crippen LogP contribution in [0.2, 0.25) is 0 Å². The molecule has 0 unspecified atom stereocenters. The van der Waals surface area contributed by atoms with Crippen molar-refractivity contribution in [3.05, 3.63) is 0 Å². The van der Waals surface area contributed by atoms with E-state index in [4.69, 9.17) is 5.73 Å². The summed E-state index contributed by atoms with van der Waals surface area (Å²) in [7, 11) is 0. The lowest BCUT2D eigenvalue weighted by atomic mass is 9.83. The smallest absolute Gasteiger partial charge is 0.240 e. The number of amides is 1. The van der Waals surface area contributed by atoms with Gasteiger partial charge in [0, 0.05) is 5.54 Å². The van der Waals surface area contributed by atoms with E-state index in [1.165, 1.54) is 19.3 Å². The summed E-state index contributed by atoms with van der Waals surface area (Å²) in [4.78, 5) is 11.8. The van der Waals surface area contributed by atoms with Gasteiger partial charge in [-0.3, -0.25) is 4.79 Å². The van der Waals surface area contributed by atoms with Crippen LogP contribution in [0.5, 0.6) is 0 Å². The van der Waals surface area contributed by atoms with Crippen LogP contribution in [0.3, 0.4) is 0 Å². The van der Waals surface area contributed by atoms with E-state index in [9.17, 15) is 4.79 Å². The molecule has 0 atom stereocenters. The van der Waals surface area contributed by atoms with Crippen molar-refractivity contribution in [2.75, 3.05) is 0 Å². The van der Waals surface area contributed by atoms with Gasteiger partial charge >= 0.3 is 0 Å². The zero-order chi connectivity index (χ0) is 10.2. The molecule has 0 heterocycles. The van der Waals surface area contributed by atoms with Crippen molar-refractivity contribution in [1.29, 1.82) is 0 Å². The van der Waals surface area contributed by atoms with E-state index in [2.05, 4.69) is 12.2 Å². The highest BCUT2D eigenvalue weighted by Gasteiger charge is 2.47. The van der Waals surface area contributed by atoms with Gasteiger partial charge in [0.1, 0.15) is 0 Å². The van der Waals surface area contributed by atoms with Crippen molar-refractivity contribution in [1.82, 2.24) is 5.32 Å². The molecule has 0 radical (unpaired) electrons. The van der Waals surface area contributed by atoms with Crippen LogP contribution in [0.25, 0.3) is 0 Å². The average molecular weight is 196 g/mol. The molecule has 2 aliphatic rings. The fourth-order valence-electron chi connectivity index (χ4n) is 2.22. The van der Waals surface area contributed by atoms with Crippen molar-refractivity contribution in [3.63, 3.8) is 0 Å². The number of rotatable bonds is 2. The van der Waals surface area contributed by atoms with Gasteiger partial charge in [-0.1, -0.05) is 19.3 Å². The molecule has 0 aromatic rings. The Bertz CT molecular complexity index is 240. The first-order valence-electron chi connectivity index (χ1n) is 5.66. The number of carbonyl (C=O) groups excluding carboxylic acids is 1. The molecule has 2 saturated carbocycles. The van der Waals surface area contributed by atoms with Crippen molar-refractivity contribution in [3.8, 4) is 0 Å². The predicted octanol–water partition coefficient (Wildman–Crippen LogP) is 1.32. The van der Waals surface area contributed by atoms with Gasteiger partial charge in [0.2, 0.25) is 5.91 Å². The molecular formula is C11H20N2O. The molecule has 1 amide bonds. The minimum absolute atomic E-state index is 0.0181. The topological polar surface area (TPSA) is 55.1 Å². The van der Waals surface area contributed by atoms with Crippen LogP contribution in [0.4, 0.5) is 0 Å². The first-order valence-corrected chi connectivity index (χ1v) is 5.66. The molecule has 3 N–H and O–H groups in total. The number of hydrogen-bond donors (Lipinski definition) is 2. The molecule has 0 aromatic carbocycles. The Morgan fingerprint density at radius 1 is 1.14 bits per heavy atom. The average Bonchev–Trinajstić information content (AvgIpc) is 2.85. The van der Waals surface area contributed by atoms with Crippen LogP contribution in [0.1, 0.15) is 51.9 Å². The van der Waals surface area contributed by atoms with E-state index < -0.39 is 5.54 Å². The maximum Gasteiger partial charge on any atom is 0.240 e. The molecule has 0 aliphatic heterocycles. The van der Waals surface area contributed by atoms with E-state index in [0.29, 0.717) is 0 Å². The molecule has 0 saturated heterocycles. The molecule has 0 spiro atoms. The van der Waals surface area contributed by atoms with E-state index >= 15 is 0 Å². The van der Waals surface area contributed by atoms with Crippen LogP contribution >= 0.6 is 0 Å². The maximum atomic E-state index is 11.8. The Hall–Kier alpha value is -0.570. The molecule has 3 nitrogen and oxygen atoms in total. The number of nitrogens with one attached hydrogen (secondary N) is 1. The SMILES string of the molecule is CC1(NC(=O)C2(N)CC2)CCCCC1. The van der Waals surface area contributed by atoms with Crippen LogP contribution in [-0.4, -0.2) is 17.0 Å². The van der Waals surface area contributed by atoms with Gasteiger partial charge in [-0.05, 0) is 32.6 Å². The van der Waals surface area contributed by atoms with Crippen molar-refractivity contribution in [2.45, 2.75) is 62.9 Å². The lowest BCUT2D eigenvalue weighted by Gasteiger charge is -2.35. The van der Waals surface area contributed by atoms with Gasteiger partial charge in [-0.15, -0.1) is 0 Å². The zero-order valence-corrected chi connectivity index (χ0v) is 8.94. The van der Waals surface area contributed by atoms with E-state index in [1.807, 2.05) is 0 Å². The Balaban J connectivity index is 1.91. The molecule has 2 aliphatic carbocycles. The Morgan fingerprint density at radius 3 is 2.21 bits per heavy atom. The molecule has 2 rings (SSSR count). The first-order chi connectivity index (χ1) is 6.54. The number of carbonyl (C=O) groups is 1. The van der Waals surface area contributed by atoms with E-state index in [1.54, 1.807) is 0 Å². The highest BCUT2D eigenvalue weighted by atomic mass is 16.2. The highest BCUT2D eigenvalue weighted by molar-refractivity contribution is 5.89. The molecule has 0 aromatic heterocycles. The third-order valence-corrected chi connectivity index (χ3v) is 3.61. The normalized spacial score (nSPS) is 28.1. The largest absolute Gasteiger partial charge is 0.349 e. The predicted molar refractivity (Wildman–Crippen MR) is 55.8 cm³/mol. The molecule has 80 valence electrons. The Kier molecular flexibility index (Phi) is 2.30. The zero-order valence-electron chi connectivity index (χ0n) is 8.94. The number of nitrogens with two attached hydrogens (primary N) is 1. The molecule has 2 fully saturated rings. The van der Waals surface area contributed by atoms with Crippen molar-refractivity contribution < 1.29 is 4.79 Å². The van der Waals surface area contributed by atoms with Gasteiger partial charge in [0.25, 0.3) is 0 Å². The van der Waals surface area contributed by atoms with Crippen molar-refractivity contribution in [2.24, 2.45) is 5.73 Å². The van der Waals surface area contributed by atoms with Crippen LogP contribution in [0, 0.1) is 0 Å². The summed E-state index contributed by atoms with van der Waals surface area (Å²) in [6, 6.07) is 0. The first kappa shape index (κ1) is 9.97. The van der Waals surface area contributed by atoms with Crippen molar-refractivity contribution >= 4 is 5.91 Å². The van der Waals surface area contributed by atoms with Crippen LogP contribution in [0.15, 0.2) is 0 Å². The molecule has 0 bridgehead atoms. The third-order valence-electron chi connectivity index (χ3n) is 3.61. The lowest BCUT2D eigenvalue weighted by molar-refractivity contribution is -0.125. The van der Waals surface area contributed by atoms with E-state index in [0.717, 1.165) is 25.7 Å². The Labute approximate surface area is 85.4 Å². The summed E-state index contributed by atoms with van der Waals surface area (Å²) in [5.41, 5.74) is 5.36. The summed E-state index contributed by atoms with van der Waals surface area (Å²) in [6.07, 6.45) is 7.69. The summed E-state index contributed by atoms with van der Waals surface area (Å²) >= 11 is 0. The van der Waals surface area contributed by atoms with Gasteiger partial charge in [-0.25, -0.2) is 0 Å². The van der Waals surface area contributed by atoms with Gasteiger partial charge < -0.3 is 11.1 Å². The minimum atomic E-state index is -0.513. The second-order valence-electron chi connectivity index (χ2n) is 5.23. The highest BCUT2D eigenvalue weighted by Crippen LogP contribution is 2.34. The fraction of sp³-hybridized carbons (Fsp3) is 0.909. The van der Waals surface area contributed by atoms with Crippen LogP contribution < -0.4 is 11.1 Å². The van der Waals surface area contributed by atoms with Gasteiger partial charge in [-0.2, -0.15) is 0 Å². The maximum absolute atomic E-state index is 11.8. The second-order valence-corrected chi connectivity index (χ2v) is 5.23. The van der Waals surface area contributed by atoms with Gasteiger partial charge in [0.15, 0.2) is 0 Å². The minimum Gasteiger partial charge on any atom is -0.349 e. The quantitative estimate of drug-likeness (QED) is 0.699. The molecule has 14 heavy (non-hydrogen) atoms. The molecular weight excluding hydrogens is 176 g/mol. The third kappa shape index (κ3) is 1.92. The fourth-order valence-corrected chi connectivity index (χ4v) is 2.22. The Morgan fingerprint density at radius 2 is 1.71 bits per heavy atom. The van der Waals surface area contributed by atoms with Gasteiger partial charge in [0.05, 0.1) is 5.54 Å². The standard InChI is InChI=1S/C11H20N2O/c1-10(5-3-2-4-6-10)13-9(14)11(12)7-8-11/h2-8,12H2,1H3,(H,13,14). The summed E-state index contributed by atoms with van der Waals surface area (Å²) in [5.74, 6) is 0.0712. The second kappa shape index (κ2) is 3.23. The monoisotopic (exact) mass is 196 g/mol. The van der Waals surface area contributed by atoms with Crippen LogP contribution in [-0.2, 0) is 4.79 Å².